The summed E-state index contributed by atoms with van der Waals surface area (Å²) in [6, 6.07) is 11.3. The summed E-state index contributed by atoms with van der Waals surface area (Å²) in [6.45, 7) is 8.68. The number of nitrogens with zero attached hydrogens (tertiary/aromatic N) is 1. The molecule has 0 amide bonds. The van der Waals surface area contributed by atoms with Gasteiger partial charge in [0.15, 0.2) is 0 Å². The minimum atomic E-state index is 0.245. The number of hydrogen-bond donors (Lipinski definition) is 1. The van der Waals surface area contributed by atoms with Crippen LogP contribution in [0.25, 0.3) is 0 Å². The molecule has 1 aliphatic carbocycles. The molecule has 0 spiro atoms. The predicted molar refractivity (Wildman–Crippen MR) is 89.3 cm³/mol. The van der Waals surface area contributed by atoms with Crippen LogP contribution in [0.5, 0.6) is 0 Å². The van der Waals surface area contributed by atoms with Gasteiger partial charge in [0.1, 0.15) is 0 Å². The van der Waals surface area contributed by atoms with Crippen molar-refractivity contribution in [2.24, 2.45) is 17.3 Å². The Bertz CT molecular complexity index is 442. The van der Waals surface area contributed by atoms with E-state index in [1.165, 1.54) is 44.5 Å². The average molecular weight is 286 g/mol. The van der Waals surface area contributed by atoms with Crippen LogP contribution in [0.1, 0.15) is 44.7 Å². The second kappa shape index (κ2) is 6.10. The van der Waals surface area contributed by atoms with Crippen LogP contribution in [0.15, 0.2) is 30.3 Å². The van der Waals surface area contributed by atoms with E-state index in [0.717, 1.165) is 11.8 Å². The van der Waals surface area contributed by atoms with E-state index in [0.29, 0.717) is 6.04 Å². The minimum Gasteiger partial charge on any atom is -0.313 e. The molecular weight excluding hydrogens is 256 g/mol. The first-order valence-electron chi connectivity index (χ1n) is 8.55. The quantitative estimate of drug-likeness (QED) is 0.888. The highest BCUT2D eigenvalue weighted by Crippen LogP contribution is 2.41. The Morgan fingerprint density at radius 3 is 2.33 bits per heavy atom. The van der Waals surface area contributed by atoms with Gasteiger partial charge in [-0.1, -0.05) is 50.6 Å². The van der Waals surface area contributed by atoms with Crippen molar-refractivity contribution in [3.8, 4) is 0 Å². The highest BCUT2D eigenvalue weighted by molar-refractivity contribution is 5.21. The maximum absolute atomic E-state index is 3.56. The fourth-order valence-corrected chi connectivity index (χ4v) is 4.78. The van der Waals surface area contributed by atoms with Crippen LogP contribution in [-0.2, 0) is 0 Å². The summed E-state index contributed by atoms with van der Waals surface area (Å²) in [5, 5.41) is 3.56. The van der Waals surface area contributed by atoms with Crippen molar-refractivity contribution < 1.29 is 0 Å². The number of benzene rings is 1. The number of hydrogen-bond acceptors (Lipinski definition) is 2. The maximum atomic E-state index is 3.56. The van der Waals surface area contributed by atoms with E-state index in [-0.39, 0.29) is 5.41 Å². The topological polar surface area (TPSA) is 15.3 Å². The lowest BCUT2D eigenvalue weighted by Gasteiger charge is -2.38. The van der Waals surface area contributed by atoms with Gasteiger partial charge >= 0.3 is 0 Å². The third-order valence-corrected chi connectivity index (χ3v) is 5.64. The first kappa shape index (κ1) is 15.1. The van der Waals surface area contributed by atoms with Crippen LogP contribution in [0, 0.1) is 17.3 Å². The van der Waals surface area contributed by atoms with Gasteiger partial charge in [-0.3, -0.25) is 0 Å². The molecular formula is C19H30N2. The fraction of sp³-hybridized carbons (Fsp3) is 0.684. The number of rotatable bonds is 5. The van der Waals surface area contributed by atoms with Crippen LogP contribution in [0.2, 0.25) is 0 Å². The Morgan fingerprint density at radius 2 is 1.76 bits per heavy atom. The summed E-state index contributed by atoms with van der Waals surface area (Å²) < 4.78 is 0. The second-order valence-corrected chi connectivity index (χ2v) is 7.77. The standard InChI is InChI=1S/C19H30N2/c1-19(2,18(20-3)15-8-5-4-6-9-15)14-21-12-16-10-7-11-17(16)13-21/h4-6,8-9,16-18,20H,7,10-14H2,1-3H3. The third-order valence-electron chi connectivity index (χ3n) is 5.64. The molecule has 2 aliphatic rings. The van der Waals surface area contributed by atoms with Gasteiger partial charge in [0.05, 0.1) is 0 Å². The summed E-state index contributed by atoms with van der Waals surface area (Å²) in [5.41, 5.74) is 1.65. The van der Waals surface area contributed by atoms with E-state index in [4.69, 9.17) is 0 Å². The molecule has 0 radical (unpaired) electrons. The van der Waals surface area contributed by atoms with E-state index >= 15 is 0 Å². The van der Waals surface area contributed by atoms with Crippen molar-refractivity contribution in [1.29, 1.82) is 0 Å². The first-order chi connectivity index (χ1) is 10.1. The number of likely N-dealkylation sites (tertiary alicyclic amines) is 1. The zero-order chi connectivity index (χ0) is 14.9. The lowest BCUT2D eigenvalue weighted by atomic mass is 9.80. The lowest BCUT2D eigenvalue weighted by molar-refractivity contribution is 0.153. The molecule has 1 saturated carbocycles. The highest BCUT2D eigenvalue weighted by Gasteiger charge is 2.39. The zero-order valence-electron chi connectivity index (χ0n) is 13.8. The van der Waals surface area contributed by atoms with E-state index in [1.54, 1.807) is 0 Å². The van der Waals surface area contributed by atoms with Gasteiger partial charge in [-0.2, -0.15) is 0 Å². The molecule has 1 aromatic carbocycles. The summed E-state index contributed by atoms with van der Waals surface area (Å²) >= 11 is 0. The maximum Gasteiger partial charge on any atom is 0.0381 e. The van der Waals surface area contributed by atoms with Gasteiger partial charge in [0, 0.05) is 25.7 Å². The van der Waals surface area contributed by atoms with Crippen molar-refractivity contribution in [2.45, 2.75) is 39.2 Å². The van der Waals surface area contributed by atoms with Crippen molar-refractivity contribution in [3.63, 3.8) is 0 Å². The van der Waals surface area contributed by atoms with E-state index in [2.05, 4.69) is 61.4 Å². The molecule has 1 aliphatic heterocycles. The minimum absolute atomic E-state index is 0.245. The summed E-state index contributed by atoms with van der Waals surface area (Å²) in [4.78, 5) is 2.72. The normalized spacial score (nSPS) is 27.8. The Balaban J connectivity index is 1.68. The molecule has 1 N–H and O–H groups in total. The van der Waals surface area contributed by atoms with Gasteiger partial charge in [0.2, 0.25) is 0 Å². The Labute approximate surface area is 129 Å². The molecule has 0 aromatic heterocycles. The van der Waals surface area contributed by atoms with Crippen molar-refractivity contribution in [1.82, 2.24) is 10.2 Å². The first-order valence-corrected chi connectivity index (χ1v) is 8.55. The van der Waals surface area contributed by atoms with Gasteiger partial charge < -0.3 is 10.2 Å². The summed E-state index contributed by atoms with van der Waals surface area (Å²) in [5.74, 6) is 1.98. The summed E-state index contributed by atoms with van der Waals surface area (Å²) in [7, 11) is 2.10. The molecule has 1 saturated heterocycles. The average Bonchev–Trinajstić information content (AvgIpc) is 3.00. The molecule has 3 atom stereocenters. The van der Waals surface area contributed by atoms with E-state index in [9.17, 15) is 0 Å². The molecule has 2 nitrogen and oxygen atoms in total. The van der Waals surface area contributed by atoms with Gasteiger partial charge in [-0.25, -0.2) is 0 Å². The van der Waals surface area contributed by atoms with Crippen LogP contribution in [0.3, 0.4) is 0 Å². The SMILES string of the molecule is CNC(c1ccccc1)C(C)(C)CN1CC2CCCC2C1. The van der Waals surface area contributed by atoms with Crippen LogP contribution >= 0.6 is 0 Å². The van der Waals surface area contributed by atoms with E-state index < -0.39 is 0 Å². The largest absolute Gasteiger partial charge is 0.313 e. The Hall–Kier alpha value is -0.860. The molecule has 1 aromatic rings. The number of fused-ring (bicyclic) bond motifs is 1. The fourth-order valence-electron chi connectivity index (χ4n) is 4.78. The molecule has 0 bridgehead atoms. The molecule has 116 valence electrons. The predicted octanol–water partition coefficient (Wildman–Crippen LogP) is 3.71. The smallest absolute Gasteiger partial charge is 0.0381 e. The highest BCUT2D eigenvalue weighted by atomic mass is 15.2. The number of nitrogens with one attached hydrogen (secondary N) is 1. The van der Waals surface area contributed by atoms with Gasteiger partial charge in [-0.15, -0.1) is 0 Å². The van der Waals surface area contributed by atoms with Gasteiger partial charge in [0.25, 0.3) is 0 Å². The van der Waals surface area contributed by atoms with E-state index in [1.807, 2.05) is 0 Å². The molecule has 21 heavy (non-hydrogen) atoms. The molecule has 3 unspecified atom stereocenters. The molecule has 3 rings (SSSR count). The van der Waals surface area contributed by atoms with Crippen molar-refractivity contribution >= 4 is 0 Å². The van der Waals surface area contributed by atoms with Crippen molar-refractivity contribution in [3.05, 3.63) is 35.9 Å². The molecule has 1 heterocycles. The molecule has 2 heteroatoms. The van der Waals surface area contributed by atoms with Crippen LogP contribution in [-0.4, -0.2) is 31.6 Å². The third kappa shape index (κ3) is 3.17. The van der Waals surface area contributed by atoms with Crippen molar-refractivity contribution in [2.75, 3.05) is 26.7 Å². The second-order valence-electron chi connectivity index (χ2n) is 7.77. The lowest BCUT2D eigenvalue weighted by Crippen LogP contribution is -2.41. The van der Waals surface area contributed by atoms with Crippen LogP contribution in [0.4, 0.5) is 0 Å². The monoisotopic (exact) mass is 286 g/mol. The Morgan fingerprint density at radius 1 is 1.14 bits per heavy atom. The Kier molecular flexibility index (Phi) is 4.37. The van der Waals surface area contributed by atoms with Gasteiger partial charge in [-0.05, 0) is 42.7 Å². The molecule has 2 fully saturated rings. The zero-order valence-corrected chi connectivity index (χ0v) is 13.8. The van der Waals surface area contributed by atoms with Crippen LogP contribution < -0.4 is 5.32 Å². The summed E-state index contributed by atoms with van der Waals surface area (Å²) in [6.07, 6.45) is 4.40.